The summed E-state index contributed by atoms with van der Waals surface area (Å²) in [5.74, 6) is 1.50. The third kappa shape index (κ3) is 1.64. The van der Waals surface area contributed by atoms with E-state index in [-0.39, 0.29) is 12.2 Å². The first-order valence-corrected chi connectivity index (χ1v) is 6.30. The highest BCUT2D eigenvalue weighted by Gasteiger charge is 2.54. The van der Waals surface area contributed by atoms with E-state index in [9.17, 15) is 0 Å². The van der Waals surface area contributed by atoms with Crippen molar-refractivity contribution in [1.29, 1.82) is 0 Å². The molecule has 2 atom stereocenters. The van der Waals surface area contributed by atoms with Gasteiger partial charge in [-0.1, -0.05) is 24.3 Å². The van der Waals surface area contributed by atoms with Crippen molar-refractivity contribution < 1.29 is 18.6 Å². The molecule has 1 aromatic carbocycles. The van der Waals surface area contributed by atoms with Crippen molar-refractivity contribution in [3.8, 4) is 11.5 Å². The molecular formula is C12H12B2O4. The summed E-state index contributed by atoms with van der Waals surface area (Å²) in [5, 5.41) is 0. The van der Waals surface area contributed by atoms with Crippen LogP contribution in [0.15, 0.2) is 36.4 Å². The Morgan fingerprint density at radius 2 is 1.78 bits per heavy atom. The first kappa shape index (κ1) is 10.5. The highest BCUT2D eigenvalue weighted by atomic mass is 16.7. The van der Waals surface area contributed by atoms with Gasteiger partial charge in [0.2, 0.25) is 0 Å². The zero-order valence-corrected chi connectivity index (χ0v) is 9.82. The Kier molecular flexibility index (Phi) is 2.38. The summed E-state index contributed by atoms with van der Waals surface area (Å²) in [4.78, 5) is 0. The molecule has 90 valence electrons. The van der Waals surface area contributed by atoms with Gasteiger partial charge in [-0.05, 0) is 25.0 Å². The Bertz CT molecular complexity index is 468. The fourth-order valence-corrected chi connectivity index (χ4v) is 2.58. The molecule has 0 spiro atoms. The van der Waals surface area contributed by atoms with Gasteiger partial charge in [-0.25, -0.2) is 0 Å². The number of allylic oxidation sites excluding steroid dienone is 1. The summed E-state index contributed by atoms with van der Waals surface area (Å²) >= 11 is 0. The maximum absolute atomic E-state index is 5.86. The molecular weight excluding hydrogens is 230 g/mol. The van der Waals surface area contributed by atoms with Crippen LogP contribution in [0.1, 0.15) is 12.8 Å². The Hall–Kier alpha value is -1.39. The summed E-state index contributed by atoms with van der Waals surface area (Å²) < 4.78 is 23.1. The standard InChI is InChI=1S/C12H12B2O4/c1-2-6-10-9(5-1)15-13(16-10)14-17-11-7-3-4-8-12(11)18-14/h1-3,5-7,11-12H,4,8H2/t11?,12-/m0/s1. The third-order valence-electron chi connectivity index (χ3n) is 3.47. The van der Waals surface area contributed by atoms with E-state index in [2.05, 4.69) is 12.2 Å². The van der Waals surface area contributed by atoms with Crippen molar-refractivity contribution in [2.75, 3.05) is 0 Å². The molecule has 1 aliphatic carbocycles. The smallest absolute Gasteiger partial charge is 0.526 e. The molecule has 1 saturated heterocycles. The van der Waals surface area contributed by atoms with Crippen molar-refractivity contribution in [2.45, 2.75) is 25.0 Å². The second kappa shape index (κ2) is 4.07. The normalized spacial score (nSPS) is 28.7. The fraction of sp³-hybridized carbons (Fsp3) is 0.333. The zero-order chi connectivity index (χ0) is 11.9. The van der Waals surface area contributed by atoms with Gasteiger partial charge in [-0.15, -0.1) is 0 Å². The van der Waals surface area contributed by atoms with Gasteiger partial charge in [-0.2, -0.15) is 0 Å². The van der Waals surface area contributed by atoms with Crippen LogP contribution in [0.3, 0.4) is 0 Å². The lowest BCUT2D eigenvalue weighted by Crippen LogP contribution is -2.45. The van der Waals surface area contributed by atoms with Gasteiger partial charge in [0.25, 0.3) is 0 Å². The monoisotopic (exact) mass is 242 g/mol. The van der Waals surface area contributed by atoms with E-state index in [4.69, 9.17) is 18.6 Å². The van der Waals surface area contributed by atoms with Gasteiger partial charge >= 0.3 is 14.0 Å². The summed E-state index contributed by atoms with van der Waals surface area (Å²) in [5.41, 5.74) is 0. The van der Waals surface area contributed by atoms with Crippen LogP contribution in [0.5, 0.6) is 11.5 Å². The lowest BCUT2D eigenvalue weighted by molar-refractivity contribution is 0.175. The number of hydrogen-bond donors (Lipinski definition) is 0. The first-order chi connectivity index (χ1) is 8.90. The minimum absolute atomic E-state index is 0.0414. The Morgan fingerprint density at radius 3 is 2.50 bits per heavy atom. The van der Waals surface area contributed by atoms with Gasteiger partial charge in [-0.3, -0.25) is 0 Å². The Labute approximate surface area is 106 Å². The lowest BCUT2D eigenvalue weighted by atomic mass is 9.49. The molecule has 0 N–H and O–H groups in total. The number of benzene rings is 1. The van der Waals surface area contributed by atoms with E-state index in [1.54, 1.807) is 0 Å². The molecule has 1 unspecified atom stereocenters. The van der Waals surface area contributed by atoms with Gasteiger partial charge in [0, 0.05) is 0 Å². The molecule has 0 radical (unpaired) electrons. The molecule has 0 amide bonds. The van der Waals surface area contributed by atoms with Crippen LogP contribution in [0.25, 0.3) is 0 Å². The number of fused-ring (bicyclic) bond motifs is 2. The maximum atomic E-state index is 5.86. The average Bonchev–Trinajstić information content (AvgIpc) is 3.02. The Balaban J connectivity index is 1.49. The topological polar surface area (TPSA) is 36.9 Å². The molecule has 6 heteroatoms. The van der Waals surface area contributed by atoms with Crippen LogP contribution in [0.4, 0.5) is 0 Å². The summed E-state index contributed by atoms with van der Waals surface area (Å²) in [6, 6.07) is 7.61. The molecule has 0 saturated carbocycles. The van der Waals surface area contributed by atoms with E-state index in [0.29, 0.717) is 0 Å². The predicted octanol–water partition coefficient (Wildman–Crippen LogP) is 1.65. The maximum Gasteiger partial charge on any atom is 0.617 e. The second-order valence-corrected chi connectivity index (χ2v) is 4.70. The fourth-order valence-electron chi connectivity index (χ4n) is 2.58. The van der Waals surface area contributed by atoms with Crippen molar-refractivity contribution in [3.63, 3.8) is 0 Å². The van der Waals surface area contributed by atoms with Gasteiger partial charge < -0.3 is 18.6 Å². The molecule has 4 rings (SSSR count). The predicted molar refractivity (Wildman–Crippen MR) is 67.3 cm³/mol. The molecule has 0 aromatic heterocycles. The largest absolute Gasteiger partial charge is 0.617 e. The van der Waals surface area contributed by atoms with Crippen LogP contribution in [-0.4, -0.2) is 26.2 Å². The highest BCUT2D eigenvalue weighted by Crippen LogP contribution is 2.35. The minimum atomic E-state index is -0.499. The van der Waals surface area contributed by atoms with Crippen LogP contribution in [0.2, 0.25) is 0 Å². The third-order valence-corrected chi connectivity index (χ3v) is 3.47. The van der Waals surface area contributed by atoms with Gasteiger partial charge in [0.15, 0.2) is 0 Å². The Morgan fingerprint density at radius 1 is 1.00 bits per heavy atom. The van der Waals surface area contributed by atoms with E-state index in [1.807, 2.05) is 24.3 Å². The highest BCUT2D eigenvalue weighted by molar-refractivity contribution is 7.11. The van der Waals surface area contributed by atoms with E-state index in [1.165, 1.54) is 0 Å². The SMILES string of the molecule is C1=CC2OB(B3Oc4ccccc4O3)O[C@H]2CC1. The zero-order valence-electron chi connectivity index (χ0n) is 9.82. The molecule has 2 aliphatic heterocycles. The molecule has 3 aliphatic rings. The molecule has 4 nitrogen and oxygen atoms in total. The van der Waals surface area contributed by atoms with Crippen LogP contribution >= 0.6 is 0 Å². The van der Waals surface area contributed by atoms with Gasteiger partial charge in [0.05, 0.1) is 12.2 Å². The summed E-state index contributed by atoms with van der Waals surface area (Å²) in [6.07, 6.45) is 6.42. The van der Waals surface area contributed by atoms with E-state index < -0.39 is 14.0 Å². The summed E-state index contributed by atoms with van der Waals surface area (Å²) in [7, 11) is -0.948. The molecule has 1 aromatic rings. The van der Waals surface area contributed by atoms with Crippen molar-refractivity contribution >= 4 is 14.0 Å². The average molecular weight is 242 g/mol. The van der Waals surface area contributed by atoms with Crippen molar-refractivity contribution in [3.05, 3.63) is 36.4 Å². The molecule has 18 heavy (non-hydrogen) atoms. The minimum Gasteiger partial charge on any atom is -0.526 e. The summed E-state index contributed by atoms with van der Waals surface area (Å²) in [6.45, 7) is 0. The molecule has 2 heterocycles. The van der Waals surface area contributed by atoms with Crippen LogP contribution in [-0.2, 0) is 9.31 Å². The first-order valence-electron chi connectivity index (χ1n) is 6.30. The van der Waals surface area contributed by atoms with Crippen molar-refractivity contribution in [1.82, 2.24) is 0 Å². The number of hydrogen-bond acceptors (Lipinski definition) is 4. The lowest BCUT2D eigenvalue weighted by Gasteiger charge is -2.17. The quantitative estimate of drug-likeness (QED) is 0.554. The number of rotatable bonds is 1. The molecule has 1 fully saturated rings. The van der Waals surface area contributed by atoms with Gasteiger partial charge in [0.1, 0.15) is 11.5 Å². The van der Waals surface area contributed by atoms with Crippen LogP contribution in [0, 0.1) is 0 Å². The van der Waals surface area contributed by atoms with E-state index in [0.717, 1.165) is 24.3 Å². The van der Waals surface area contributed by atoms with Crippen LogP contribution < -0.4 is 9.31 Å². The van der Waals surface area contributed by atoms with Crippen molar-refractivity contribution in [2.24, 2.45) is 0 Å². The molecule has 0 bridgehead atoms. The van der Waals surface area contributed by atoms with E-state index >= 15 is 0 Å². The second-order valence-electron chi connectivity index (χ2n) is 4.70. The number of para-hydroxylation sites is 2.